The van der Waals surface area contributed by atoms with Crippen LogP contribution in [-0.2, 0) is 17.8 Å². The monoisotopic (exact) mass is 366 g/mol. The predicted molar refractivity (Wildman–Crippen MR) is 99.8 cm³/mol. The fourth-order valence-electron chi connectivity index (χ4n) is 3.35. The van der Waals surface area contributed by atoms with Gasteiger partial charge in [0, 0.05) is 24.2 Å². The highest BCUT2D eigenvalue weighted by Gasteiger charge is 2.19. The van der Waals surface area contributed by atoms with Crippen LogP contribution in [0, 0.1) is 0 Å². The highest BCUT2D eigenvalue weighted by Crippen LogP contribution is 2.24. The number of aliphatic hydroxyl groups excluding tert-OH is 1. The first-order valence-electron chi connectivity index (χ1n) is 9.22. The summed E-state index contributed by atoms with van der Waals surface area (Å²) in [5.74, 6) is 1.40. The number of aliphatic hydroxyl groups is 1. The molecule has 1 atom stereocenters. The second kappa shape index (κ2) is 7.71. The van der Waals surface area contributed by atoms with Gasteiger partial charge in [-0.05, 0) is 37.1 Å². The number of imidazole rings is 1. The molecule has 27 heavy (non-hydrogen) atoms. The van der Waals surface area contributed by atoms with Gasteiger partial charge in [-0.1, -0.05) is 12.8 Å². The van der Waals surface area contributed by atoms with Crippen LogP contribution in [0.15, 0.2) is 36.8 Å². The van der Waals surface area contributed by atoms with E-state index >= 15 is 0 Å². The molecule has 0 fully saturated rings. The molecule has 0 bridgehead atoms. The van der Waals surface area contributed by atoms with Crippen LogP contribution in [0.1, 0.15) is 43.3 Å². The molecule has 140 valence electrons. The average molecular weight is 366 g/mol. The van der Waals surface area contributed by atoms with Crippen molar-refractivity contribution in [3.63, 3.8) is 0 Å². The molecule has 2 aromatic heterocycles. The number of rotatable bonds is 4. The summed E-state index contributed by atoms with van der Waals surface area (Å²) in [6.45, 7) is 0.937. The topological polar surface area (TPSA) is 109 Å². The lowest BCUT2D eigenvalue weighted by Crippen LogP contribution is -2.21. The number of H-pyrrole nitrogens is 1. The minimum Gasteiger partial charge on any atom is -0.377 e. The first-order chi connectivity index (χ1) is 13.2. The average Bonchev–Trinajstić information content (AvgIpc) is 3.32. The fourth-order valence-corrected chi connectivity index (χ4v) is 3.35. The zero-order chi connectivity index (χ0) is 18.6. The van der Waals surface area contributed by atoms with Gasteiger partial charge in [0.25, 0.3) is 5.91 Å². The third-order valence-electron chi connectivity index (χ3n) is 4.83. The lowest BCUT2D eigenvalue weighted by Gasteiger charge is -2.14. The van der Waals surface area contributed by atoms with Crippen molar-refractivity contribution in [3.05, 3.63) is 48.3 Å². The van der Waals surface area contributed by atoms with Gasteiger partial charge in [-0.25, -0.2) is 4.98 Å². The van der Waals surface area contributed by atoms with E-state index in [1.807, 2.05) is 12.1 Å². The van der Waals surface area contributed by atoms with E-state index < -0.39 is 12.0 Å². The summed E-state index contributed by atoms with van der Waals surface area (Å²) in [5, 5.41) is 21.5. The Morgan fingerprint density at radius 1 is 1.15 bits per heavy atom. The van der Waals surface area contributed by atoms with Crippen LogP contribution in [0.5, 0.6) is 0 Å². The van der Waals surface area contributed by atoms with Crippen LogP contribution in [0.3, 0.4) is 0 Å². The van der Waals surface area contributed by atoms with Crippen LogP contribution in [0.25, 0.3) is 11.4 Å². The number of benzene rings is 1. The number of carbonyl (C=O) groups is 1. The normalized spacial score (nSPS) is 15.4. The largest absolute Gasteiger partial charge is 0.377 e. The molecule has 3 heterocycles. The number of nitrogens with one attached hydrogen (secondary N) is 2. The molecule has 1 aliphatic rings. The van der Waals surface area contributed by atoms with E-state index in [0.29, 0.717) is 11.4 Å². The van der Waals surface area contributed by atoms with Crippen molar-refractivity contribution < 1.29 is 9.90 Å². The van der Waals surface area contributed by atoms with Crippen LogP contribution >= 0.6 is 0 Å². The molecule has 0 spiro atoms. The van der Waals surface area contributed by atoms with Crippen molar-refractivity contribution in [1.82, 2.24) is 24.7 Å². The predicted octanol–water partition coefficient (Wildman–Crippen LogP) is 2.46. The second-order valence-electron chi connectivity index (χ2n) is 6.73. The second-order valence-corrected chi connectivity index (χ2v) is 6.73. The van der Waals surface area contributed by atoms with Crippen molar-refractivity contribution >= 4 is 11.6 Å². The van der Waals surface area contributed by atoms with Crippen LogP contribution in [0.2, 0.25) is 0 Å². The van der Waals surface area contributed by atoms with Gasteiger partial charge >= 0.3 is 0 Å². The van der Waals surface area contributed by atoms with E-state index in [2.05, 4.69) is 30.0 Å². The molecule has 0 saturated carbocycles. The minimum absolute atomic E-state index is 0.353. The molecule has 0 radical (unpaired) electrons. The summed E-state index contributed by atoms with van der Waals surface area (Å²) in [6.07, 6.45) is 7.30. The third-order valence-corrected chi connectivity index (χ3v) is 4.83. The lowest BCUT2D eigenvalue weighted by atomic mass is 10.1. The van der Waals surface area contributed by atoms with Crippen LogP contribution < -0.4 is 5.32 Å². The van der Waals surface area contributed by atoms with Crippen molar-refractivity contribution in [2.24, 2.45) is 0 Å². The van der Waals surface area contributed by atoms with Gasteiger partial charge < -0.3 is 20.0 Å². The van der Waals surface area contributed by atoms with Gasteiger partial charge in [0.15, 0.2) is 11.9 Å². The summed E-state index contributed by atoms with van der Waals surface area (Å²) >= 11 is 0. The van der Waals surface area contributed by atoms with Crippen molar-refractivity contribution in [1.29, 1.82) is 0 Å². The maximum absolute atomic E-state index is 12.2. The Morgan fingerprint density at radius 3 is 2.74 bits per heavy atom. The smallest absolute Gasteiger partial charge is 0.259 e. The Kier molecular flexibility index (Phi) is 4.97. The number of amides is 1. The van der Waals surface area contributed by atoms with E-state index in [-0.39, 0.29) is 0 Å². The van der Waals surface area contributed by atoms with Gasteiger partial charge in [0.1, 0.15) is 5.82 Å². The third kappa shape index (κ3) is 3.75. The molecule has 1 aliphatic heterocycles. The summed E-state index contributed by atoms with van der Waals surface area (Å²) in [4.78, 5) is 18.7. The molecule has 3 N–H and O–H groups in total. The van der Waals surface area contributed by atoms with Crippen LogP contribution in [-0.4, -0.2) is 35.7 Å². The molecule has 1 unspecified atom stereocenters. The zero-order valence-corrected chi connectivity index (χ0v) is 14.9. The van der Waals surface area contributed by atoms with Gasteiger partial charge in [-0.15, -0.1) is 10.2 Å². The van der Waals surface area contributed by atoms with Crippen molar-refractivity contribution in [2.75, 3.05) is 5.32 Å². The Hall–Kier alpha value is -3.00. The summed E-state index contributed by atoms with van der Waals surface area (Å²) in [5.41, 5.74) is 1.92. The van der Waals surface area contributed by atoms with E-state index in [9.17, 15) is 9.90 Å². The molecular formula is C19H22N6O2. The van der Waals surface area contributed by atoms with Crippen molar-refractivity contribution in [3.8, 4) is 11.4 Å². The molecule has 1 amide bonds. The zero-order valence-electron chi connectivity index (χ0n) is 14.9. The lowest BCUT2D eigenvalue weighted by molar-refractivity contribution is -0.124. The molecule has 8 heteroatoms. The van der Waals surface area contributed by atoms with Crippen molar-refractivity contribution in [2.45, 2.75) is 44.8 Å². The van der Waals surface area contributed by atoms with Gasteiger partial charge in [0.05, 0.1) is 18.2 Å². The van der Waals surface area contributed by atoms with E-state index in [1.54, 1.807) is 12.1 Å². The number of hydrogen-bond donors (Lipinski definition) is 3. The number of nitrogens with zero attached hydrogens (tertiary/aromatic N) is 4. The van der Waals surface area contributed by atoms with Gasteiger partial charge in [-0.2, -0.15) is 0 Å². The van der Waals surface area contributed by atoms with E-state index in [1.165, 1.54) is 25.4 Å². The maximum Gasteiger partial charge on any atom is 0.259 e. The highest BCUT2D eigenvalue weighted by atomic mass is 16.3. The fraction of sp³-hybridized carbons (Fsp3) is 0.368. The van der Waals surface area contributed by atoms with Crippen LogP contribution in [0.4, 0.5) is 5.69 Å². The quantitative estimate of drug-likeness (QED) is 0.657. The summed E-state index contributed by atoms with van der Waals surface area (Å²) in [6, 6.07) is 7.43. The SMILES string of the molecule is O=C(Nc1ccc(-c2nnc3n2CCCCCC3)cc1)C(O)c1cnc[nH]1. The Labute approximate surface area is 156 Å². The van der Waals surface area contributed by atoms with Gasteiger partial charge in [0.2, 0.25) is 0 Å². The van der Waals surface area contributed by atoms with E-state index in [0.717, 1.165) is 43.0 Å². The molecule has 3 aromatic rings. The number of hydrogen-bond acceptors (Lipinski definition) is 5. The molecule has 0 aliphatic carbocycles. The number of fused-ring (bicyclic) bond motifs is 1. The Bertz CT molecular complexity index is 901. The van der Waals surface area contributed by atoms with Gasteiger partial charge in [-0.3, -0.25) is 4.79 Å². The maximum atomic E-state index is 12.2. The molecule has 0 saturated heterocycles. The first kappa shape index (κ1) is 17.4. The minimum atomic E-state index is -1.29. The number of aryl methyl sites for hydroxylation is 1. The number of aromatic amines is 1. The molecule has 1 aromatic carbocycles. The first-order valence-corrected chi connectivity index (χ1v) is 9.22. The summed E-state index contributed by atoms with van der Waals surface area (Å²) in [7, 11) is 0. The standard InChI is InChI=1S/C19H22N6O2/c26-17(15-11-20-12-21-15)19(27)22-14-8-6-13(7-9-14)18-24-23-16-5-3-1-2-4-10-25(16)18/h6-9,11-12,17,26H,1-5,10H2,(H,20,21)(H,22,27). The summed E-state index contributed by atoms with van der Waals surface area (Å²) < 4.78 is 2.20. The van der Waals surface area contributed by atoms with E-state index in [4.69, 9.17) is 0 Å². The Morgan fingerprint density at radius 2 is 1.96 bits per heavy atom. The number of aromatic nitrogens is 5. The molecule has 8 nitrogen and oxygen atoms in total. The molecular weight excluding hydrogens is 344 g/mol. The number of carbonyl (C=O) groups excluding carboxylic acids is 1. The number of anilines is 1. The highest BCUT2D eigenvalue weighted by molar-refractivity contribution is 5.94. The molecule has 4 rings (SSSR count). The Balaban J connectivity index is 1.49.